The predicted octanol–water partition coefficient (Wildman–Crippen LogP) is 2.82. The van der Waals surface area contributed by atoms with Gasteiger partial charge in [0.25, 0.3) is 0 Å². The molecule has 1 aromatic carbocycles. The number of nitrogens with two attached hydrogens (primary N) is 1. The number of hydrogen-bond donors (Lipinski definition) is 2. The highest BCUT2D eigenvalue weighted by atomic mass is 16.5. The molecule has 0 unspecified atom stereocenters. The van der Waals surface area contributed by atoms with Crippen LogP contribution in [0, 0.1) is 0 Å². The highest BCUT2D eigenvalue weighted by Crippen LogP contribution is 2.26. The summed E-state index contributed by atoms with van der Waals surface area (Å²) in [5.74, 6) is 0.674. The number of anilines is 1. The lowest BCUT2D eigenvalue weighted by Gasteiger charge is -2.35. The minimum atomic E-state index is -0.0672. The van der Waals surface area contributed by atoms with Crippen LogP contribution in [0.25, 0.3) is 0 Å². The molecule has 5 nitrogen and oxygen atoms in total. The first-order valence-corrected chi connectivity index (χ1v) is 7.62. The zero-order valence-corrected chi connectivity index (χ0v) is 12.8. The Morgan fingerprint density at radius 3 is 2.62 bits per heavy atom. The van der Waals surface area contributed by atoms with E-state index in [2.05, 4.69) is 5.32 Å². The van der Waals surface area contributed by atoms with Crippen LogP contribution in [0.1, 0.15) is 32.6 Å². The number of carbonyl (C=O) groups is 1. The maximum atomic E-state index is 12.5. The summed E-state index contributed by atoms with van der Waals surface area (Å²) >= 11 is 0. The Balaban J connectivity index is 2.03. The van der Waals surface area contributed by atoms with E-state index in [-0.39, 0.29) is 18.1 Å². The van der Waals surface area contributed by atoms with Gasteiger partial charge in [-0.3, -0.25) is 0 Å². The van der Waals surface area contributed by atoms with Gasteiger partial charge >= 0.3 is 6.03 Å². The lowest BCUT2D eigenvalue weighted by Crippen LogP contribution is -2.46. The summed E-state index contributed by atoms with van der Waals surface area (Å²) in [6, 6.07) is 7.96. The van der Waals surface area contributed by atoms with E-state index >= 15 is 0 Å². The van der Waals surface area contributed by atoms with E-state index in [0.29, 0.717) is 18.0 Å². The molecule has 1 aromatic rings. The van der Waals surface area contributed by atoms with Crippen LogP contribution in [0.5, 0.6) is 5.75 Å². The van der Waals surface area contributed by atoms with Gasteiger partial charge in [-0.25, -0.2) is 4.79 Å². The van der Waals surface area contributed by atoms with Crippen LogP contribution in [-0.2, 0) is 0 Å². The van der Waals surface area contributed by atoms with Crippen molar-refractivity contribution in [2.75, 3.05) is 19.0 Å². The maximum Gasteiger partial charge on any atom is 0.322 e. The normalized spacial score (nSPS) is 21.7. The smallest absolute Gasteiger partial charge is 0.322 e. The first-order chi connectivity index (χ1) is 10.2. The number of rotatable bonds is 4. The first-order valence-electron chi connectivity index (χ1n) is 7.62. The number of urea groups is 1. The van der Waals surface area contributed by atoms with Crippen molar-refractivity contribution in [1.29, 1.82) is 0 Å². The molecule has 1 aliphatic carbocycles. The molecule has 0 atom stereocenters. The van der Waals surface area contributed by atoms with Crippen LogP contribution in [0.3, 0.4) is 0 Å². The monoisotopic (exact) mass is 291 g/mol. The average molecular weight is 291 g/mol. The van der Waals surface area contributed by atoms with Crippen molar-refractivity contribution in [1.82, 2.24) is 4.90 Å². The molecule has 1 saturated carbocycles. The summed E-state index contributed by atoms with van der Waals surface area (Å²) < 4.78 is 5.27. The lowest BCUT2D eigenvalue weighted by atomic mass is 9.91. The fourth-order valence-electron chi connectivity index (χ4n) is 2.92. The second-order valence-electron chi connectivity index (χ2n) is 5.49. The molecular formula is C16H25N3O2. The van der Waals surface area contributed by atoms with Gasteiger partial charge in [-0.05, 0) is 44.7 Å². The van der Waals surface area contributed by atoms with Gasteiger partial charge in [-0.1, -0.05) is 12.1 Å². The highest BCUT2D eigenvalue weighted by molar-refractivity contribution is 5.91. The van der Waals surface area contributed by atoms with Crippen molar-refractivity contribution >= 4 is 11.7 Å². The highest BCUT2D eigenvalue weighted by Gasteiger charge is 2.27. The van der Waals surface area contributed by atoms with Crippen molar-refractivity contribution < 1.29 is 9.53 Å². The fraction of sp³-hybridized carbons (Fsp3) is 0.562. The summed E-state index contributed by atoms with van der Waals surface area (Å²) in [7, 11) is 1.60. The quantitative estimate of drug-likeness (QED) is 0.896. The van der Waals surface area contributed by atoms with Gasteiger partial charge < -0.3 is 20.7 Å². The number of carbonyl (C=O) groups excluding carboxylic acids is 1. The third kappa shape index (κ3) is 3.88. The molecule has 0 radical (unpaired) electrons. The number of nitrogens with zero attached hydrogens (tertiary/aromatic N) is 1. The molecule has 0 spiro atoms. The first kappa shape index (κ1) is 15.6. The Labute approximate surface area is 126 Å². The molecule has 5 heteroatoms. The van der Waals surface area contributed by atoms with Gasteiger partial charge in [0.2, 0.25) is 0 Å². The minimum absolute atomic E-state index is 0.0672. The van der Waals surface area contributed by atoms with Crippen molar-refractivity contribution in [3.8, 4) is 5.75 Å². The van der Waals surface area contributed by atoms with Crippen LogP contribution in [0.4, 0.5) is 10.5 Å². The lowest BCUT2D eigenvalue weighted by molar-refractivity contribution is 0.167. The Kier molecular flexibility index (Phi) is 5.44. The maximum absolute atomic E-state index is 12.5. The molecule has 0 aliphatic heterocycles. The van der Waals surface area contributed by atoms with Gasteiger partial charge in [-0.2, -0.15) is 0 Å². The Bertz CT molecular complexity index is 470. The molecular weight excluding hydrogens is 266 g/mol. The summed E-state index contributed by atoms with van der Waals surface area (Å²) in [5, 5.41) is 2.95. The van der Waals surface area contributed by atoms with E-state index < -0.39 is 0 Å². The van der Waals surface area contributed by atoms with Gasteiger partial charge in [-0.15, -0.1) is 0 Å². The number of methoxy groups -OCH3 is 1. The van der Waals surface area contributed by atoms with E-state index in [1.165, 1.54) is 0 Å². The summed E-state index contributed by atoms with van der Waals surface area (Å²) in [6.45, 7) is 2.71. The molecule has 2 rings (SSSR count). The number of amides is 2. The second-order valence-corrected chi connectivity index (χ2v) is 5.49. The molecule has 0 bridgehead atoms. The Morgan fingerprint density at radius 2 is 2.00 bits per heavy atom. The van der Waals surface area contributed by atoms with Gasteiger partial charge in [0.1, 0.15) is 5.75 Å². The van der Waals surface area contributed by atoms with E-state index in [1.54, 1.807) is 7.11 Å². The summed E-state index contributed by atoms with van der Waals surface area (Å²) in [6.07, 6.45) is 3.94. The van der Waals surface area contributed by atoms with Crippen LogP contribution < -0.4 is 15.8 Å². The van der Waals surface area contributed by atoms with E-state index in [0.717, 1.165) is 25.7 Å². The number of ether oxygens (including phenoxy) is 1. The summed E-state index contributed by atoms with van der Waals surface area (Å²) in [4.78, 5) is 14.4. The molecule has 21 heavy (non-hydrogen) atoms. The number of benzene rings is 1. The molecule has 1 aliphatic rings. The van der Waals surface area contributed by atoms with Gasteiger partial charge in [0.05, 0.1) is 12.8 Å². The van der Waals surface area contributed by atoms with Crippen molar-refractivity contribution in [2.24, 2.45) is 5.73 Å². The molecule has 1 fully saturated rings. The standard InChI is InChI=1S/C16H25N3O2/c1-3-19(13-10-8-12(17)9-11-13)16(20)18-14-6-4-5-7-15(14)21-2/h4-7,12-13H,3,8-11,17H2,1-2H3,(H,18,20). The zero-order valence-electron chi connectivity index (χ0n) is 12.8. The van der Waals surface area contributed by atoms with E-state index in [4.69, 9.17) is 10.5 Å². The predicted molar refractivity (Wildman–Crippen MR) is 84.6 cm³/mol. The van der Waals surface area contributed by atoms with Crippen molar-refractivity contribution in [3.05, 3.63) is 24.3 Å². The van der Waals surface area contributed by atoms with Crippen LogP contribution >= 0.6 is 0 Å². The minimum Gasteiger partial charge on any atom is -0.495 e. The largest absolute Gasteiger partial charge is 0.495 e. The molecule has 3 N–H and O–H groups in total. The Hall–Kier alpha value is -1.75. The number of para-hydroxylation sites is 2. The number of hydrogen-bond acceptors (Lipinski definition) is 3. The Morgan fingerprint density at radius 1 is 1.33 bits per heavy atom. The third-order valence-electron chi connectivity index (χ3n) is 4.13. The molecule has 0 saturated heterocycles. The third-order valence-corrected chi connectivity index (χ3v) is 4.13. The SMILES string of the molecule is CCN(C(=O)Nc1ccccc1OC)C1CCC(N)CC1. The number of nitrogens with one attached hydrogen (secondary N) is 1. The average Bonchev–Trinajstić information content (AvgIpc) is 2.50. The van der Waals surface area contributed by atoms with Crippen LogP contribution in [0.2, 0.25) is 0 Å². The topological polar surface area (TPSA) is 67.6 Å². The summed E-state index contributed by atoms with van der Waals surface area (Å²) in [5.41, 5.74) is 6.65. The molecule has 0 heterocycles. The van der Waals surface area contributed by atoms with E-state index in [1.807, 2.05) is 36.1 Å². The molecule has 116 valence electrons. The second kappa shape index (κ2) is 7.31. The van der Waals surface area contributed by atoms with Gasteiger partial charge in [0, 0.05) is 18.6 Å². The van der Waals surface area contributed by atoms with Crippen molar-refractivity contribution in [2.45, 2.75) is 44.7 Å². The zero-order chi connectivity index (χ0) is 15.2. The fourth-order valence-corrected chi connectivity index (χ4v) is 2.92. The van der Waals surface area contributed by atoms with Crippen LogP contribution in [-0.4, -0.2) is 36.7 Å². The van der Waals surface area contributed by atoms with Crippen LogP contribution in [0.15, 0.2) is 24.3 Å². The van der Waals surface area contributed by atoms with E-state index in [9.17, 15) is 4.79 Å². The van der Waals surface area contributed by atoms with Crippen molar-refractivity contribution in [3.63, 3.8) is 0 Å². The van der Waals surface area contributed by atoms with Gasteiger partial charge in [0.15, 0.2) is 0 Å². The molecule has 0 aromatic heterocycles. The molecule has 2 amide bonds.